The number of nitrogens with zero attached hydrogens (tertiary/aromatic N) is 1. The molecule has 1 N–H and O–H groups in total. The van der Waals surface area contributed by atoms with Crippen molar-refractivity contribution in [3.8, 4) is 10.6 Å². The number of fused-ring (bicyclic) bond motifs is 1. The van der Waals surface area contributed by atoms with Gasteiger partial charge in [0.25, 0.3) is 0 Å². The number of pyridine rings is 1. The molecule has 0 radical (unpaired) electrons. The number of para-hydroxylation sites is 1. The van der Waals surface area contributed by atoms with E-state index in [4.69, 9.17) is 4.74 Å². The van der Waals surface area contributed by atoms with Crippen LogP contribution in [0, 0.1) is 0 Å². The van der Waals surface area contributed by atoms with Crippen molar-refractivity contribution < 1.29 is 9.53 Å². The number of carbonyl (C=O) groups is 1. The van der Waals surface area contributed by atoms with E-state index in [1.165, 1.54) is 0 Å². The maximum absolute atomic E-state index is 11.7. The zero-order valence-electron chi connectivity index (χ0n) is 11.5. The molecule has 1 aromatic carbocycles. The molecule has 21 heavy (non-hydrogen) atoms. The fourth-order valence-corrected chi connectivity index (χ4v) is 2.79. The van der Waals surface area contributed by atoms with Gasteiger partial charge in [0, 0.05) is 5.39 Å². The highest BCUT2D eigenvalue weighted by atomic mass is 32.1. The third-order valence-corrected chi connectivity index (χ3v) is 3.89. The molecule has 2 heterocycles. The zero-order valence-corrected chi connectivity index (χ0v) is 12.3. The van der Waals surface area contributed by atoms with Gasteiger partial charge < -0.3 is 4.74 Å². The monoisotopic (exact) mass is 298 g/mol. The van der Waals surface area contributed by atoms with Crippen LogP contribution in [0.4, 0.5) is 10.5 Å². The Morgan fingerprint density at radius 2 is 2.14 bits per heavy atom. The Bertz CT molecular complexity index is 769. The van der Waals surface area contributed by atoms with Gasteiger partial charge in [0.05, 0.1) is 28.4 Å². The molecule has 1 amide bonds. The van der Waals surface area contributed by atoms with E-state index in [9.17, 15) is 4.79 Å². The molecular formula is C16H14N2O2S. The molecule has 3 aromatic rings. The van der Waals surface area contributed by atoms with Crippen molar-refractivity contribution in [3.63, 3.8) is 0 Å². The molecule has 0 unspecified atom stereocenters. The van der Waals surface area contributed by atoms with Gasteiger partial charge in [-0.15, -0.1) is 11.3 Å². The quantitative estimate of drug-likeness (QED) is 0.772. The SMILES string of the molecule is CCOC(=O)Nc1cc(-c2cccs2)nc2ccccc12. The number of aromatic nitrogens is 1. The first kappa shape index (κ1) is 13.6. The number of benzene rings is 1. The summed E-state index contributed by atoms with van der Waals surface area (Å²) in [6.07, 6.45) is -0.453. The molecule has 0 aliphatic rings. The summed E-state index contributed by atoms with van der Waals surface area (Å²) in [5.41, 5.74) is 2.40. The summed E-state index contributed by atoms with van der Waals surface area (Å²) < 4.78 is 4.96. The van der Waals surface area contributed by atoms with E-state index in [-0.39, 0.29) is 0 Å². The summed E-state index contributed by atoms with van der Waals surface area (Å²) in [5.74, 6) is 0. The second kappa shape index (κ2) is 5.93. The van der Waals surface area contributed by atoms with Crippen LogP contribution in [-0.4, -0.2) is 17.7 Å². The first-order valence-electron chi connectivity index (χ1n) is 6.65. The predicted molar refractivity (Wildman–Crippen MR) is 85.7 cm³/mol. The number of carbonyl (C=O) groups excluding carboxylic acids is 1. The Kier molecular flexibility index (Phi) is 3.83. The summed E-state index contributed by atoms with van der Waals surface area (Å²) in [7, 11) is 0. The summed E-state index contributed by atoms with van der Waals surface area (Å²) >= 11 is 1.62. The van der Waals surface area contributed by atoms with Crippen LogP contribution in [0.1, 0.15) is 6.92 Å². The van der Waals surface area contributed by atoms with Crippen LogP contribution in [-0.2, 0) is 4.74 Å². The lowest BCUT2D eigenvalue weighted by molar-refractivity contribution is 0.168. The summed E-state index contributed by atoms with van der Waals surface area (Å²) in [5, 5.41) is 5.69. The number of nitrogens with one attached hydrogen (secondary N) is 1. The molecule has 0 bridgehead atoms. The summed E-state index contributed by atoms with van der Waals surface area (Å²) in [6.45, 7) is 2.12. The number of hydrogen-bond donors (Lipinski definition) is 1. The fourth-order valence-electron chi connectivity index (χ4n) is 2.11. The molecule has 0 aliphatic carbocycles. The Morgan fingerprint density at radius 1 is 1.29 bits per heavy atom. The molecular weight excluding hydrogens is 284 g/mol. The standard InChI is InChI=1S/C16H14N2O2S/c1-2-20-16(19)18-13-10-14(15-8-5-9-21-15)17-12-7-4-3-6-11(12)13/h3-10H,2H2,1H3,(H,17,18,19). The molecule has 0 aliphatic heterocycles. The lowest BCUT2D eigenvalue weighted by atomic mass is 10.1. The van der Waals surface area contributed by atoms with Crippen molar-refractivity contribution >= 4 is 34.0 Å². The van der Waals surface area contributed by atoms with Gasteiger partial charge in [-0.1, -0.05) is 24.3 Å². The molecule has 106 valence electrons. The van der Waals surface area contributed by atoms with Gasteiger partial charge in [0.15, 0.2) is 0 Å². The van der Waals surface area contributed by atoms with Gasteiger partial charge in [-0.3, -0.25) is 5.32 Å². The maximum Gasteiger partial charge on any atom is 0.411 e. The smallest absolute Gasteiger partial charge is 0.411 e. The molecule has 0 fully saturated rings. The maximum atomic E-state index is 11.7. The van der Waals surface area contributed by atoms with Crippen LogP contribution in [0.2, 0.25) is 0 Å². The average molecular weight is 298 g/mol. The lowest BCUT2D eigenvalue weighted by Gasteiger charge is -2.10. The van der Waals surface area contributed by atoms with E-state index >= 15 is 0 Å². The minimum atomic E-state index is -0.453. The van der Waals surface area contributed by atoms with Crippen LogP contribution in [0.3, 0.4) is 0 Å². The van der Waals surface area contributed by atoms with E-state index in [0.717, 1.165) is 21.5 Å². The summed E-state index contributed by atoms with van der Waals surface area (Å²) in [6, 6.07) is 13.6. The lowest BCUT2D eigenvalue weighted by Crippen LogP contribution is -2.13. The number of anilines is 1. The molecule has 2 aromatic heterocycles. The fraction of sp³-hybridized carbons (Fsp3) is 0.125. The minimum absolute atomic E-state index is 0.340. The normalized spacial score (nSPS) is 10.5. The van der Waals surface area contributed by atoms with Gasteiger partial charge in [0.2, 0.25) is 0 Å². The van der Waals surface area contributed by atoms with Gasteiger partial charge in [-0.05, 0) is 30.5 Å². The molecule has 5 heteroatoms. The van der Waals surface area contributed by atoms with Crippen molar-refractivity contribution in [1.82, 2.24) is 4.98 Å². The minimum Gasteiger partial charge on any atom is -0.450 e. The van der Waals surface area contributed by atoms with Crippen molar-refractivity contribution in [3.05, 3.63) is 47.8 Å². The highest BCUT2D eigenvalue weighted by molar-refractivity contribution is 7.13. The van der Waals surface area contributed by atoms with Crippen LogP contribution in [0.25, 0.3) is 21.5 Å². The Morgan fingerprint density at radius 3 is 2.90 bits per heavy atom. The number of ether oxygens (including phenoxy) is 1. The van der Waals surface area contributed by atoms with E-state index in [1.807, 2.05) is 47.8 Å². The van der Waals surface area contributed by atoms with Gasteiger partial charge in [0.1, 0.15) is 0 Å². The number of rotatable bonds is 3. The molecule has 0 saturated carbocycles. The summed E-state index contributed by atoms with van der Waals surface area (Å²) in [4.78, 5) is 17.4. The molecule has 4 nitrogen and oxygen atoms in total. The third kappa shape index (κ3) is 2.87. The predicted octanol–water partition coefficient (Wildman–Crippen LogP) is 4.53. The number of thiophene rings is 1. The second-order valence-electron chi connectivity index (χ2n) is 4.39. The largest absolute Gasteiger partial charge is 0.450 e. The zero-order chi connectivity index (χ0) is 14.7. The van der Waals surface area contributed by atoms with E-state index in [1.54, 1.807) is 18.3 Å². The first-order valence-corrected chi connectivity index (χ1v) is 7.53. The van der Waals surface area contributed by atoms with Gasteiger partial charge >= 0.3 is 6.09 Å². The van der Waals surface area contributed by atoms with Crippen LogP contribution < -0.4 is 5.32 Å². The van der Waals surface area contributed by atoms with Crippen LogP contribution >= 0.6 is 11.3 Å². The van der Waals surface area contributed by atoms with Crippen LogP contribution in [0.15, 0.2) is 47.8 Å². The highest BCUT2D eigenvalue weighted by Crippen LogP contribution is 2.30. The number of amides is 1. The second-order valence-corrected chi connectivity index (χ2v) is 5.34. The Labute approximate surface area is 126 Å². The average Bonchev–Trinajstić information content (AvgIpc) is 3.01. The highest BCUT2D eigenvalue weighted by Gasteiger charge is 2.10. The van der Waals surface area contributed by atoms with Crippen LogP contribution in [0.5, 0.6) is 0 Å². The molecule has 0 atom stereocenters. The molecule has 0 saturated heterocycles. The van der Waals surface area contributed by atoms with E-state index in [2.05, 4.69) is 10.3 Å². The van der Waals surface area contributed by atoms with Gasteiger partial charge in [-0.2, -0.15) is 0 Å². The molecule has 0 spiro atoms. The van der Waals surface area contributed by atoms with Crippen molar-refractivity contribution in [2.24, 2.45) is 0 Å². The Hall–Kier alpha value is -2.40. The molecule has 3 rings (SSSR count). The van der Waals surface area contributed by atoms with Crippen molar-refractivity contribution in [2.75, 3.05) is 11.9 Å². The first-order chi connectivity index (χ1) is 10.3. The van der Waals surface area contributed by atoms with E-state index < -0.39 is 6.09 Å². The third-order valence-electron chi connectivity index (χ3n) is 3.00. The van der Waals surface area contributed by atoms with Gasteiger partial charge in [-0.25, -0.2) is 9.78 Å². The van der Waals surface area contributed by atoms with Crippen molar-refractivity contribution in [1.29, 1.82) is 0 Å². The number of hydrogen-bond acceptors (Lipinski definition) is 4. The van der Waals surface area contributed by atoms with Crippen molar-refractivity contribution in [2.45, 2.75) is 6.92 Å². The van der Waals surface area contributed by atoms with E-state index in [0.29, 0.717) is 12.3 Å². The Balaban J connectivity index is 2.09. The topological polar surface area (TPSA) is 51.2 Å².